The summed E-state index contributed by atoms with van der Waals surface area (Å²) in [5.74, 6) is -6.02. The highest BCUT2D eigenvalue weighted by molar-refractivity contribution is 5.98. The largest absolute Gasteiger partial charge is 0.544 e. The summed E-state index contributed by atoms with van der Waals surface area (Å²) in [4.78, 5) is 96.1. The number of amides is 2. The van der Waals surface area contributed by atoms with Gasteiger partial charge in [0.25, 0.3) is 6.43 Å². The molecule has 1 aromatic carbocycles. The van der Waals surface area contributed by atoms with Crippen LogP contribution in [0, 0.1) is 0 Å². The fourth-order valence-electron chi connectivity index (χ4n) is 2.93. The number of aliphatic carboxylic acids is 1. The van der Waals surface area contributed by atoms with E-state index in [-0.39, 0.29) is 19.4 Å². The molecule has 22 nitrogen and oxygen atoms in total. The molecule has 314 valence electrons. The smallest absolute Gasteiger partial charge is 0.415 e. The molecule has 2 fully saturated rings. The number of carboxylic acids is 1. The maximum atomic E-state index is 11.3. The quantitative estimate of drug-likeness (QED) is 0.0513. The van der Waals surface area contributed by atoms with Gasteiger partial charge < -0.3 is 54.7 Å². The van der Waals surface area contributed by atoms with Gasteiger partial charge in [-0.15, -0.1) is 0 Å². The first kappa shape index (κ1) is 54.1. The van der Waals surface area contributed by atoms with Gasteiger partial charge in [-0.1, -0.05) is 41.5 Å². The van der Waals surface area contributed by atoms with Gasteiger partial charge in [-0.2, -0.15) is 0 Å². The lowest BCUT2D eigenvalue weighted by Crippen LogP contribution is -2.52. The number of nitrogens with zero attached hydrogens (tertiary/aromatic N) is 3. The SMILES string of the molecule is CC(=O)OC(C)=O.CC(C)(C)OC(=O)C[C@@H]1NC(=O)OC1=O.CCOC(=O)C[C@@H]1NC(=O)OC1=O.O=C([O-])C(F)F.[N-]=[N+]=NCCOCC[NH3+].c1ccccc1. The Hall–Kier alpha value is -6.26. The first-order valence-electron chi connectivity index (χ1n) is 16.1. The van der Waals surface area contributed by atoms with Gasteiger partial charge in [0.2, 0.25) is 0 Å². The van der Waals surface area contributed by atoms with Crippen LogP contribution >= 0.6 is 0 Å². The summed E-state index contributed by atoms with van der Waals surface area (Å²) in [6.07, 6.45) is -5.38. The van der Waals surface area contributed by atoms with E-state index < -0.39 is 78.1 Å². The van der Waals surface area contributed by atoms with Crippen molar-refractivity contribution in [3.05, 3.63) is 46.8 Å². The van der Waals surface area contributed by atoms with Crippen LogP contribution in [0.1, 0.15) is 54.4 Å². The van der Waals surface area contributed by atoms with Crippen LogP contribution in [-0.2, 0) is 62.0 Å². The van der Waals surface area contributed by atoms with Crippen LogP contribution in [0.3, 0.4) is 0 Å². The highest BCUT2D eigenvalue weighted by Gasteiger charge is 2.35. The molecule has 2 aliphatic rings. The lowest BCUT2D eigenvalue weighted by Gasteiger charge is -2.19. The number of carboxylic acid groups (broad SMARTS) is 1. The molecule has 1 aromatic rings. The number of ether oxygens (including phenoxy) is 6. The van der Waals surface area contributed by atoms with E-state index in [1.54, 1.807) is 27.7 Å². The maximum absolute atomic E-state index is 11.3. The van der Waals surface area contributed by atoms with Crippen molar-refractivity contribution in [2.45, 2.75) is 78.5 Å². The molecular weight excluding hydrogens is 762 g/mol. The molecule has 2 aliphatic heterocycles. The van der Waals surface area contributed by atoms with E-state index in [0.29, 0.717) is 19.8 Å². The number of carbonyl (C=O) groups is 9. The number of benzene rings is 1. The molecule has 0 unspecified atom stereocenters. The maximum Gasteiger partial charge on any atom is 0.415 e. The number of azide groups is 1. The predicted molar refractivity (Wildman–Crippen MR) is 181 cm³/mol. The van der Waals surface area contributed by atoms with E-state index in [1.165, 1.54) is 13.8 Å². The van der Waals surface area contributed by atoms with Crippen molar-refractivity contribution in [1.29, 1.82) is 0 Å². The number of nitrogens with one attached hydrogen (secondary N) is 2. The topological polar surface area (TPSA) is 333 Å². The molecule has 56 heavy (non-hydrogen) atoms. The minimum absolute atomic E-state index is 0.182. The third kappa shape index (κ3) is 36.1. The van der Waals surface area contributed by atoms with Crippen LogP contribution in [0.15, 0.2) is 41.5 Å². The zero-order chi connectivity index (χ0) is 43.7. The first-order chi connectivity index (χ1) is 26.1. The van der Waals surface area contributed by atoms with Crippen LogP contribution in [0.25, 0.3) is 10.4 Å². The van der Waals surface area contributed by atoms with Crippen molar-refractivity contribution in [2.24, 2.45) is 5.11 Å². The Bertz CT molecular complexity index is 1420. The summed E-state index contributed by atoms with van der Waals surface area (Å²) in [5, 5.41) is 16.5. The van der Waals surface area contributed by atoms with Crippen LogP contribution in [-0.4, -0.2) is 111 Å². The molecule has 0 spiro atoms. The van der Waals surface area contributed by atoms with E-state index in [9.17, 15) is 47.1 Å². The monoisotopic (exact) mass is 808 g/mol. The highest BCUT2D eigenvalue weighted by Crippen LogP contribution is 2.12. The Morgan fingerprint density at radius 1 is 0.875 bits per heavy atom. The number of hydrogen-bond donors (Lipinski definition) is 3. The Morgan fingerprint density at radius 2 is 1.29 bits per heavy atom. The fraction of sp³-hybridized carbons (Fsp3) is 0.531. The Labute approximate surface area is 319 Å². The number of quaternary nitrogens is 1. The standard InChI is InChI=1S/C9H13NO5.C7H9NO5.C6H6.C4H10N4O.C4H6O3.C2H2F2O2/c1-9(2,3)15-6(11)4-5-7(12)14-8(13)10-5;1-2-12-5(9)3-4-6(10)13-7(11)8-4;1-2-4-6-5-3-1;5-1-3-9-4-2-7-8-6;1-3(5)7-4(2)6;3-1(4)2(5)6/h5H,4H2,1-3H3,(H,10,13);4H,2-3H2,1H3,(H,8,11);1-6H;1-5H2;1-2H3;1H,(H,5,6)/t5-;4-;;;;/m00..../s1. The first-order valence-corrected chi connectivity index (χ1v) is 16.1. The summed E-state index contributed by atoms with van der Waals surface area (Å²) >= 11 is 0. The zero-order valence-corrected chi connectivity index (χ0v) is 31.5. The molecule has 5 N–H and O–H groups in total. The summed E-state index contributed by atoms with van der Waals surface area (Å²) in [5.41, 5.74) is 10.8. The molecule has 2 atom stereocenters. The zero-order valence-electron chi connectivity index (χ0n) is 31.5. The average Bonchev–Trinajstić information content (AvgIpc) is 3.58. The van der Waals surface area contributed by atoms with Crippen LogP contribution < -0.4 is 21.5 Å². The highest BCUT2D eigenvalue weighted by atomic mass is 19.3. The molecule has 24 heteroatoms. The van der Waals surface area contributed by atoms with E-state index >= 15 is 0 Å². The van der Waals surface area contributed by atoms with Gasteiger partial charge in [0.1, 0.15) is 23.7 Å². The molecule has 0 bridgehead atoms. The fourth-order valence-corrected chi connectivity index (χ4v) is 2.93. The molecule has 0 aliphatic carbocycles. The van der Waals surface area contributed by atoms with Crippen LogP contribution in [0.5, 0.6) is 0 Å². The number of hydrogen-bond acceptors (Lipinski definition) is 17. The van der Waals surface area contributed by atoms with Crippen LogP contribution in [0.2, 0.25) is 0 Å². The number of carbonyl (C=O) groups excluding carboxylic acids is 9. The van der Waals surface area contributed by atoms with Gasteiger partial charge in [0.15, 0.2) is 0 Å². The number of halogens is 2. The van der Waals surface area contributed by atoms with Gasteiger partial charge >= 0.3 is 48.0 Å². The number of esters is 6. The third-order valence-corrected chi connectivity index (χ3v) is 4.83. The van der Waals surface area contributed by atoms with Crippen molar-refractivity contribution < 1.29 is 91.2 Å². The van der Waals surface area contributed by atoms with Gasteiger partial charge in [0.05, 0.1) is 39.2 Å². The second-order valence-electron chi connectivity index (χ2n) is 10.9. The lowest BCUT2D eigenvalue weighted by molar-refractivity contribution is -0.374. The van der Waals surface area contributed by atoms with E-state index in [4.69, 9.17) is 24.9 Å². The lowest BCUT2D eigenvalue weighted by atomic mass is 10.2. The number of alkyl halides is 2. The van der Waals surface area contributed by atoms with Gasteiger partial charge in [-0.25, -0.2) is 28.0 Å². The van der Waals surface area contributed by atoms with Gasteiger partial charge in [-0.3, -0.25) is 19.2 Å². The average molecular weight is 809 g/mol. The molecule has 0 saturated carbocycles. The summed E-state index contributed by atoms with van der Waals surface area (Å²) < 4.78 is 47.9. The van der Waals surface area contributed by atoms with E-state index in [0.717, 1.165) is 6.54 Å². The molecule has 3 rings (SSSR count). The number of cyclic esters (lactones) is 4. The minimum atomic E-state index is -3.34. The Balaban J connectivity index is -0.000000626. The molecule has 0 radical (unpaired) electrons. The second kappa shape index (κ2) is 32.2. The molecular formula is C32H46F2N6O16. The molecule has 2 heterocycles. The van der Waals surface area contributed by atoms with Crippen molar-refractivity contribution in [1.82, 2.24) is 10.6 Å². The Kier molecular flexibility index (Phi) is 31.1. The minimum Gasteiger partial charge on any atom is -0.544 e. The van der Waals surface area contributed by atoms with Gasteiger partial charge in [0, 0.05) is 25.3 Å². The normalized spacial score (nSPS) is 14.6. The summed E-state index contributed by atoms with van der Waals surface area (Å²) in [6, 6.07) is 10.2. The van der Waals surface area contributed by atoms with Crippen molar-refractivity contribution in [3.8, 4) is 0 Å². The van der Waals surface area contributed by atoms with Crippen molar-refractivity contribution in [2.75, 3.05) is 32.9 Å². The summed E-state index contributed by atoms with van der Waals surface area (Å²) in [7, 11) is 0. The van der Waals surface area contributed by atoms with Crippen molar-refractivity contribution >= 4 is 54.0 Å². The van der Waals surface area contributed by atoms with E-state index in [1.807, 2.05) is 36.4 Å². The predicted octanol–water partition coefficient (Wildman–Crippen LogP) is 0.267. The Morgan fingerprint density at radius 3 is 1.55 bits per heavy atom. The number of alkyl carbamates (subject to hydrolysis) is 2. The molecule has 0 aromatic heterocycles. The molecule has 2 amide bonds. The molecule has 2 saturated heterocycles. The third-order valence-electron chi connectivity index (χ3n) is 4.83. The summed E-state index contributed by atoms with van der Waals surface area (Å²) in [6.45, 7) is 11.7. The van der Waals surface area contributed by atoms with Gasteiger partial charge in [-0.05, 0) is 33.2 Å². The van der Waals surface area contributed by atoms with E-state index in [2.05, 4.69) is 45.3 Å². The van der Waals surface area contributed by atoms with Crippen molar-refractivity contribution in [3.63, 3.8) is 0 Å². The second-order valence-corrected chi connectivity index (χ2v) is 10.9. The van der Waals surface area contributed by atoms with Crippen LogP contribution in [0.4, 0.5) is 18.4 Å². The number of rotatable bonds is 11.